The molecule has 0 radical (unpaired) electrons. The third-order valence-corrected chi connectivity index (χ3v) is 4.71. The molecular weight excluding hydrogens is 380 g/mol. The van der Waals surface area contributed by atoms with Gasteiger partial charge in [-0.3, -0.25) is 9.69 Å². The number of piperidine rings is 1. The highest BCUT2D eigenvalue weighted by molar-refractivity contribution is 5.76. The lowest BCUT2D eigenvalue weighted by Crippen LogP contribution is -2.51. The summed E-state index contributed by atoms with van der Waals surface area (Å²) in [5, 5.41) is 0. The van der Waals surface area contributed by atoms with Crippen LogP contribution in [0.4, 0.5) is 0 Å². The van der Waals surface area contributed by atoms with Crippen molar-refractivity contribution in [1.29, 1.82) is 0 Å². The Kier molecular flexibility index (Phi) is 2.18. The van der Waals surface area contributed by atoms with E-state index in [2.05, 4.69) is 0 Å². The van der Waals surface area contributed by atoms with Gasteiger partial charge in [0.1, 0.15) is 12.1 Å². The van der Waals surface area contributed by atoms with E-state index in [1.165, 1.54) is 0 Å². The average molecular weight is 444 g/mol. The molecule has 6 heteroatoms. The first-order chi connectivity index (χ1) is 24.0. The van der Waals surface area contributed by atoms with Crippen molar-refractivity contribution in [3.05, 3.63) is 23.3 Å². The van der Waals surface area contributed by atoms with Crippen LogP contribution >= 0.6 is 0 Å². The number of carbonyl (C=O) groups excluding carboxylic acids is 1. The van der Waals surface area contributed by atoms with Gasteiger partial charge in [-0.05, 0) is 47.8 Å². The fraction of sp³-hybridized carbons (Fsp3) is 0.708. The van der Waals surface area contributed by atoms with Crippen LogP contribution in [-0.2, 0) is 15.9 Å². The zero-order valence-electron chi connectivity index (χ0n) is 40.9. The van der Waals surface area contributed by atoms with Crippen molar-refractivity contribution in [3.63, 3.8) is 0 Å². The molecule has 0 amide bonds. The number of carbonyl (C=O) groups is 1. The molecule has 2 aliphatic rings. The van der Waals surface area contributed by atoms with Crippen LogP contribution in [0.25, 0.3) is 0 Å². The Morgan fingerprint density at radius 3 is 2.90 bits per heavy atom. The molecule has 0 saturated carbocycles. The number of hydrogen-bond donors (Lipinski definition) is 1. The monoisotopic (exact) mass is 443 g/mol. The Balaban J connectivity index is 2.48. The third-order valence-electron chi connectivity index (χ3n) is 4.71. The van der Waals surface area contributed by atoms with Crippen LogP contribution in [0.3, 0.4) is 0 Å². The molecule has 168 valence electrons. The number of methoxy groups -OCH3 is 2. The largest absolute Gasteiger partial charge is 0.493 e. The van der Waals surface area contributed by atoms with E-state index in [1.807, 2.05) is 0 Å². The van der Waals surface area contributed by atoms with Crippen molar-refractivity contribution in [2.75, 3.05) is 27.2 Å². The molecule has 2 N–H and O–H groups in total. The summed E-state index contributed by atoms with van der Waals surface area (Å²) in [7, 11) is -2.15. The Hall–Kier alpha value is -1.79. The molecule has 1 aromatic carbocycles. The summed E-state index contributed by atoms with van der Waals surface area (Å²) in [6.07, 6.45) is -12.3. The summed E-state index contributed by atoms with van der Waals surface area (Å²) in [5.74, 6) is -15.0. The lowest BCUT2D eigenvalue weighted by atomic mass is 9.79. The highest BCUT2D eigenvalue weighted by atomic mass is 16.5. The molecule has 0 bridgehead atoms. The molecule has 2 heterocycles. The molecule has 6 nitrogen and oxygen atoms in total. The quantitative estimate of drug-likeness (QED) is 0.650. The highest BCUT2D eigenvalue weighted by Crippen LogP contribution is 2.44. The van der Waals surface area contributed by atoms with Crippen LogP contribution in [-0.4, -0.2) is 50.2 Å². The molecule has 1 aromatic rings. The molecule has 3 unspecified atom stereocenters. The van der Waals surface area contributed by atoms with E-state index in [-0.39, 0.29) is 0 Å². The van der Waals surface area contributed by atoms with Gasteiger partial charge in [0, 0.05) is 58.8 Å². The fourth-order valence-corrected chi connectivity index (χ4v) is 3.29. The van der Waals surface area contributed by atoms with Crippen LogP contribution in [0, 0.1) is 17.7 Å². The topological polar surface area (TPSA) is 74.0 Å². The minimum Gasteiger partial charge on any atom is -0.493 e. The van der Waals surface area contributed by atoms with Gasteiger partial charge in [0.05, 0.1) is 21.0 Å². The van der Waals surface area contributed by atoms with Crippen LogP contribution in [0.2, 0.25) is 0 Å². The Bertz CT molecular complexity index is 1620. The summed E-state index contributed by atoms with van der Waals surface area (Å²) in [6.45, 7) is -21.2. The number of nitrogens with zero attached hydrogens (tertiary/aromatic N) is 1. The first kappa shape index (κ1) is 6.85. The smallest absolute Gasteiger partial charge is 0.323 e. The molecule has 0 aliphatic carbocycles. The summed E-state index contributed by atoms with van der Waals surface area (Å²) in [5.41, 5.74) is 4.63. The number of nitrogens with two attached hydrogens (primary N) is 1. The SMILES string of the molecule is [2H]C([2H])([2H])Oc1cc2c(cc1OC)C([2H])([2H])C([2H])([2H])N1CC(C([2H])([2H])C([2H])(C([2H])([2H])[2H])C([2H])([2H])[2H])C([2H])(OC(=O)[C@@]([2H])(N)C([2H])(C([2H])([2H])[2H])C([2H])([2H])[2H])CC21. The molecule has 2 aliphatic heterocycles. The third kappa shape index (κ3) is 4.75. The number of esters is 1. The summed E-state index contributed by atoms with van der Waals surface area (Å²) in [4.78, 5) is 14.3. The Labute approximate surface area is 216 Å². The lowest BCUT2D eigenvalue weighted by Gasteiger charge is -2.47. The summed E-state index contributed by atoms with van der Waals surface area (Å²) >= 11 is 0. The van der Waals surface area contributed by atoms with Crippen molar-refractivity contribution in [2.24, 2.45) is 23.4 Å². The molecule has 3 rings (SSSR count). The van der Waals surface area contributed by atoms with Crippen molar-refractivity contribution in [1.82, 2.24) is 4.90 Å². The molecule has 0 aromatic heterocycles. The van der Waals surface area contributed by atoms with Crippen LogP contribution in [0.1, 0.15) is 91.6 Å². The number of benzene rings is 1. The minimum atomic E-state index is -4.27. The maximum atomic E-state index is 13.8. The summed E-state index contributed by atoms with van der Waals surface area (Å²) < 4.78 is 220. The second-order valence-corrected chi connectivity index (χ2v) is 6.52. The Morgan fingerprint density at radius 2 is 2.20 bits per heavy atom. The van der Waals surface area contributed by atoms with Gasteiger partial charge in [-0.15, -0.1) is 0 Å². The van der Waals surface area contributed by atoms with Gasteiger partial charge < -0.3 is 19.9 Å². The molecule has 30 heavy (non-hydrogen) atoms. The van der Waals surface area contributed by atoms with E-state index < -0.39 is 131 Å². The number of aryl methyl sites for hydroxylation is 1. The fourth-order valence-electron chi connectivity index (χ4n) is 3.29. The summed E-state index contributed by atoms with van der Waals surface area (Å²) in [6, 6.07) is -4.39. The van der Waals surface area contributed by atoms with Gasteiger partial charge in [-0.1, -0.05) is 27.4 Å². The molecule has 0 spiro atoms. The van der Waals surface area contributed by atoms with Gasteiger partial charge in [0.15, 0.2) is 11.5 Å². The zero-order valence-corrected chi connectivity index (χ0v) is 15.9. The van der Waals surface area contributed by atoms with Gasteiger partial charge in [0.2, 0.25) is 0 Å². The molecule has 1 fully saturated rings. The van der Waals surface area contributed by atoms with Crippen molar-refractivity contribution < 1.29 is 53.3 Å². The number of fused-ring (bicyclic) bond motifs is 3. The molecule has 4 atom stereocenters. The molecule has 1 saturated heterocycles. The second kappa shape index (κ2) is 9.56. The van der Waals surface area contributed by atoms with E-state index in [0.717, 1.165) is 19.2 Å². The van der Waals surface area contributed by atoms with E-state index >= 15 is 0 Å². The van der Waals surface area contributed by atoms with Crippen LogP contribution in [0.5, 0.6) is 11.5 Å². The van der Waals surface area contributed by atoms with E-state index in [1.54, 1.807) is 0 Å². The first-order valence-electron chi connectivity index (χ1n) is 21.2. The molecular formula is C24H38N2O4. The number of rotatable bonds is 7. The standard InChI is InChI=1S/C24H38N2O4/c1-14(2)9-17-13-26-8-7-16-10-21(28-5)22(29-6)11-18(16)19(26)12-20(17)30-24(27)23(25)15(3)4/h10-11,14-15,17,19-20,23H,7-9,12-13,25H2,1-6H3/t17?,19?,20?,23-/m0/s1/i1D3,2D3,3D3,4D3,6D3,7D2,8D2,9D2,14D,15D,20D,23D. The maximum absolute atomic E-state index is 13.8. The lowest BCUT2D eigenvalue weighted by molar-refractivity contribution is -0.160. The van der Waals surface area contributed by atoms with E-state index in [0.29, 0.717) is 4.90 Å². The van der Waals surface area contributed by atoms with Gasteiger partial charge in [0.25, 0.3) is 0 Å². The minimum absolute atomic E-state index is 0.430. The van der Waals surface area contributed by atoms with Gasteiger partial charge >= 0.3 is 5.97 Å². The predicted octanol–water partition coefficient (Wildman–Crippen LogP) is 3.56. The first-order valence-corrected chi connectivity index (χ1v) is 8.66. The second-order valence-electron chi connectivity index (χ2n) is 6.52. The van der Waals surface area contributed by atoms with E-state index in [4.69, 9.17) is 52.8 Å². The van der Waals surface area contributed by atoms with Crippen LogP contribution < -0.4 is 15.2 Å². The average Bonchev–Trinajstić information content (AvgIpc) is 2.95. The van der Waals surface area contributed by atoms with Gasteiger partial charge in [-0.25, -0.2) is 0 Å². The van der Waals surface area contributed by atoms with Gasteiger partial charge in [-0.2, -0.15) is 0 Å². The highest BCUT2D eigenvalue weighted by Gasteiger charge is 2.41. The zero-order chi connectivity index (χ0) is 43.6. The normalized spacial score (nSPS) is 47.3. The Morgan fingerprint density at radius 1 is 1.40 bits per heavy atom. The van der Waals surface area contributed by atoms with E-state index in [9.17, 15) is 6.17 Å². The van der Waals surface area contributed by atoms with Crippen molar-refractivity contribution in [3.8, 4) is 11.5 Å². The predicted molar refractivity (Wildman–Crippen MR) is 118 cm³/mol. The number of hydrogen-bond acceptors (Lipinski definition) is 6. The maximum Gasteiger partial charge on any atom is 0.323 e. The van der Waals surface area contributed by atoms with Crippen LogP contribution in [0.15, 0.2) is 12.1 Å². The van der Waals surface area contributed by atoms with Crippen molar-refractivity contribution >= 4 is 5.97 Å². The van der Waals surface area contributed by atoms with Crippen molar-refractivity contribution in [2.45, 2.75) is 64.7 Å². The number of ether oxygens (including phenoxy) is 3.